The summed E-state index contributed by atoms with van der Waals surface area (Å²) in [5.74, 6) is -1.74. The minimum atomic E-state index is -4.56. The van der Waals surface area contributed by atoms with E-state index in [1.165, 1.54) is 18.2 Å². The molecule has 0 unspecified atom stereocenters. The van der Waals surface area contributed by atoms with Gasteiger partial charge in [0.25, 0.3) is 0 Å². The lowest BCUT2D eigenvalue weighted by Crippen LogP contribution is -2.07. The molecule has 7 heteroatoms. The first kappa shape index (κ1) is 12.2. The summed E-state index contributed by atoms with van der Waals surface area (Å²) in [5, 5.41) is 8.63. The van der Waals surface area contributed by atoms with Crippen LogP contribution in [0.25, 0.3) is 11.5 Å². The molecule has 0 radical (unpaired) electrons. The Labute approximate surface area is 98.7 Å². The van der Waals surface area contributed by atoms with Crippen LogP contribution in [-0.2, 0) is 6.18 Å². The zero-order chi connectivity index (χ0) is 13.3. The number of carbonyl (C=O) groups is 1. The van der Waals surface area contributed by atoms with Crippen molar-refractivity contribution in [1.29, 1.82) is 0 Å². The normalized spacial score (nSPS) is 11.5. The van der Waals surface area contributed by atoms with Crippen LogP contribution in [0.5, 0.6) is 0 Å². The van der Waals surface area contributed by atoms with E-state index < -0.39 is 23.4 Å². The van der Waals surface area contributed by atoms with Crippen LogP contribution < -0.4 is 0 Å². The zero-order valence-electron chi connectivity index (χ0n) is 8.73. The van der Waals surface area contributed by atoms with E-state index in [9.17, 15) is 18.0 Å². The van der Waals surface area contributed by atoms with Gasteiger partial charge in [0.2, 0.25) is 5.89 Å². The van der Waals surface area contributed by atoms with Gasteiger partial charge in [0.05, 0.1) is 5.56 Å². The monoisotopic (exact) mass is 257 g/mol. The number of rotatable bonds is 2. The van der Waals surface area contributed by atoms with Gasteiger partial charge in [-0.05, 0) is 12.1 Å². The Morgan fingerprint density at radius 2 is 1.94 bits per heavy atom. The summed E-state index contributed by atoms with van der Waals surface area (Å²) in [7, 11) is 0. The van der Waals surface area contributed by atoms with E-state index in [2.05, 4.69) is 4.98 Å². The third kappa shape index (κ3) is 2.20. The maximum atomic E-state index is 12.7. The van der Waals surface area contributed by atoms with Crippen LogP contribution in [-0.4, -0.2) is 16.1 Å². The first-order valence-corrected chi connectivity index (χ1v) is 4.75. The second-order valence-corrected chi connectivity index (χ2v) is 3.39. The molecule has 1 aromatic heterocycles. The molecule has 1 N–H and O–H groups in total. The van der Waals surface area contributed by atoms with Gasteiger partial charge < -0.3 is 9.52 Å². The van der Waals surface area contributed by atoms with Gasteiger partial charge in [-0.2, -0.15) is 13.2 Å². The molecule has 0 saturated heterocycles. The highest BCUT2D eigenvalue weighted by Crippen LogP contribution is 2.36. The Morgan fingerprint density at radius 3 is 2.50 bits per heavy atom. The number of benzene rings is 1. The average molecular weight is 257 g/mol. The van der Waals surface area contributed by atoms with E-state index in [0.717, 1.165) is 12.3 Å². The van der Waals surface area contributed by atoms with E-state index in [0.29, 0.717) is 0 Å². The topological polar surface area (TPSA) is 63.3 Å². The highest BCUT2D eigenvalue weighted by molar-refractivity contribution is 5.85. The van der Waals surface area contributed by atoms with E-state index in [1.54, 1.807) is 0 Å². The van der Waals surface area contributed by atoms with Crippen molar-refractivity contribution in [2.75, 3.05) is 0 Å². The molecule has 0 fully saturated rings. The average Bonchev–Trinajstić information content (AvgIpc) is 2.77. The van der Waals surface area contributed by atoms with Gasteiger partial charge in [0.15, 0.2) is 5.69 Å². The van der Waals surface area contributed by atoms with Crippen molar-refractivity contribution in [1.82, 2.24) is 4.98 Å². The second-order valence-electron chi connectivity index (χ2n) is 3.39. The lowest BCUT2D eigenvalue weighted by Gasteiger charge is -2.09. The standard InChI is InChI=1S/C11H6F3NO3/c12-11(13,14)7-4-2-1-3-6(7)9-15-8(5-18-9)10(16)17/h1-5H,(H,16,17). The van der Waals surface area contributed by atoms with E-state index in [-0.39, 0.29) is 11.5 Å². The van der Waals surface area contributed by atoms with Gasteiger partial charge in [-0.25, -0.2) is 9.78 Å². The van der Waals surface area contributed by atoms with Gasteiger partial charge in [-0.15, -0.1) is 0 Å². The van der Waals surface area contributed by atoms with Crippen LogP contribution in [0.2, 0.25) is 0 Å². The van der Waals surface area contributed by atoms with E-state index in [1.807, 2.05) is 0 Å². The fraction of sp³-hybridized carbons (Fsp3) is 0.0909. The van der Waals surface area contributed by atoms with Crippen molar-refractivity contribution in [2.45, 2.75) is 6.18 Å². The maximum Gasteiger partial charge on any atom is 0.417 e. The lowest BCUT2D eigenvalue weighted by atomic mass is 10.1. The molecule has 1 heterocycles. The first-order chi connectivity index (χ1) is 8.39. The second kappa shape index (κ2) is 4.17. The van der Waals surface area contributed by atoms with Crippen molar-refractivity contribution in [3.63, 3.8) is 0 Å². The Bertz CT molecular complexity index is 589. The molecule has 2 aromatic rings. The third-order valence-corrected chi connectivity index (χ3v) is 2.19. The molecule has 0 amide bonds. The van der Waals surface area contributed by atoms with Gasteiger partial charge >= 0.3 is 12.1 Å². The van der Waals surface area contributed by atoms with Crippen molar-refractivity contribution < 1.29 is 27.5 Å². The van der Waals surface area contributed by atoms with Crippen molar-refractivity contribution in [2.24, 2.45) is 0 Å². The number of carboxylic acid groups (broad SMARTS) is 1. The maximum absolute atomic E-state index is 12.7. The van der Waals surface area contributed by atoms with Crippen LogP contribution >= 0.6 is 0 Å². The molecule has 0 aliphatic carbocycles. The number of hydrogen-bond acceptors (Lipinski definition) is 3. The SMILES string of the molecule is O=C(O)c1coc(-c2ccccc2C(F)(F)F)n1. The summed E-state index contributed by atoms with van der Waals surface area (Å²) in [6.45, 7) is 0. The summed E-state index contributed by atoms with van der Waals surface area (Å²) in [6, 6.07) is 4.66. The van der Waals surface area contributed by atoms with Gasteiger partial charge in [-0.1, -0.05) is 12.1 Å². The molecule has 0 bridgehead atoms. The molecule has 18 heavy (non-hydrogen) atoms. The van der Waals surface area contributed by atoms with Crippen LogP contribution in [0.3, 0.4) is 0 Å². The Morgan fingerprint density at radius 1 is 1.28 bits per heavy atom. The highest BCUT2D eigenvalue weighted by Gasteiger charge is 2.34. The quantitative estimate of drug-likeness (QED) is 0.897. The minimum Gasteiger partial charge on any atom is -0.476 e. The number of carboxylic acids is 1. The minimum absolute atomic E-state index is 0.294. The van der Waals surface area contributed by atoms with Crippen LogP contribution in [0.4, 0.5) is 13.2 Å². The fourth-order valence-corrected chi connectivity index (χ4v) is 1.41. The Hall–Kier alpha value is -2.31. The van der Waals surface area contributed by atoms with Crippen LogP contribution in [0.15, 0.2) is 34.9 Å². The molecule has 1 aromatic carbocycles. The smallest absolute Gasteiger partial charge is 0.417 e. The summed E-state index contributed by atoms with van der Waals surface area (Å²) in [5.41, 5.74) is -1.66. The molecule has 0 spiro atoms. The number of nitrogens with zero attached hydrogens (tertiary/aromatic N) is 1. The predicted octanol–water partition coefficient (Wildman–Crippen LogP) is 3.06. The number of alkyl halides is 3. The van der Waals surface area contributed by atoms with Crippen molar-refractivity contribution in [3.8, 4) is 11.5 Å². The van der Waals surface area contributed by atoms with Crippen molar-refractivity contribution in [3.05, 3.63) is 41.8 Å². The van der Waals surface area contributed by atoms with Crippen molar-refractivity contribution >= 4 is 5.97 Å². The molecule has 0 saturated carbocycles. The Balaban J connectivity index is 2.53. The van der Waals surface area contributed by atoms with Crippen LogP contribution in [0, 0.1) is 0 Å². The van der Waals surface area contributed by atoms with Gasteiger partial charge in [0, 0.05) is 5.56 Å². The Kier molecular flexibility index (Phi) is 2.82. The summed E-state index contributed by atoms with van der Waals surface area (Å²) in [6.07, 6.45) is -3.76. The first-order valence-electron chi connectivity index (χ1n) is 4.75. The number of aromatic carboxylic acids is 1. The molecule has 0 aliphatic heterocycles. The lowest BCUT2D eigenvalue weighted by molar-refractivity contribution is -0.137. The third-order valence-electron chi connectivity index (χ3n) is 2.19. The summed E-state index contributed by atoms with van der Waals surface area (Å²) >= 11 is 0. The number of hydrogen-bond donors (Lipinski definition) is 1. The predicted molar refractivity (Wildman–Crippen MR) is 53.9 cm³/mol. The molecule has 0 atom stereocenters. The molecule has 2 rings (SSSR count). The highest BCUT2D eigenvalue weighted by atomic mass is 19.4. The molecule has 0 aliphatic rings. The molecular formula is C11H6F3NO3. The fourth-order valence-electron chi connectivity index (χ4n) is 1.41. The molecule has 4 nitrogen and oxygen atoms in total. The number of aromatic nitrogens is 1. The van der Waals surface area contributed by atoms with E-state index >= 15 is 0 Å². The van der Waals surface area contributed by atoms with Crippen LogP contribution in [0.1, 0.15) is 16.1 Å². The van der Waals surface area contributed by atoms with Gasteiger partial charge in [-0.3, -0.25) is 0 Å². The summed E-state index contributed by atoms with van der Waals surface area (Å²) < 4.78 is 42.9. The van der Waals surface area contributed by atoms with E-state index in [4.69, 9.17) is 9.52 Å². The molecular weight excluding hydrogens is 251 g/mol. The largest absolute Gasteiger partial charge is 0.476 e. The number of oxazole rings is 1. The molecule has 94 valence electrons. The summed E-state index contributed by atoms with van der Waals surface area (Å²) in [4.78, 5) is 14.1. The van der Waals surface area contributed by atoms with Gasteiger partial charge in [0.1, 0.15) is 6.26 Å². The zero-order valence-corrected chi connectivity index (χ0v) is 8.73. The number of halogens is 3.